The molecule has 30 heavy (non-hydrogen) atoms. The lowest BCUT2D eigenvalue weighted by Gasteiger charge is -2.11. The average molecular weight is 415 g/mol. The van der Waals surface area contributed by atoms with Crippen LogP contribution in [0.4, 0.5) is 5.13 Å². The Morgan fingerprint density at radius 3 is 2.57 bits per heavy atom. The molecule has 3 aromatic carbocycles. The third kappa shape index (κ3) is 5.13. The molecule has 0 saturated heterocycles. The van der Waals surface area contributed by atoms with Gasteiger partial charge in [-0.25, -0.2) is 4.98 Å². The number of carbonyl (C=O) groups excluding carboxylic acids is 1. The first-order chi connectivity index (χ1) is 14.7. The average Bonchev–Trinajstić information content (AvgIpc) is 3.20. The maximum absolute atomic E-state index is 12.8. The molecular weight excluding hydrogens is 392 g/mol. The topological polar surface area (TPSA) is 51.2 Å². The molecule has 1 aromatic heterocycles. The van der Waals surface area contributed by atoms with Crippen LogP contribution in [-0.2, 0) is 13.0 Å². The van der Waals surface area contributed by atoms with Gasteiger partial charge in [0, 0.05) is 17.5 Å². The minimum Gasteiger partial charge on any atom is -0.488 e. The molecule has 0 aliphatic rings. The second-order valence-electron chi connectivity index (χ2n) is 7.02. The van der Waals surface area contributed by atoms with Gasteiger partial charge in [0.2, 0.25) is 0 Å². The van der Waals surface area contributed by atoms with Gasteiger partial charge in [0.15, 0.2) is 5.13 Å². The zero-order valence-corrected chi connectivity index (χ0v) is 17.5. The van der Waals surface area contributed by atoms with Crippen molar-refractivity contribution in [2.75, 3.05) is 5.32 Å². The summed E-state index contributed by atoms with van der Waals surface area (Å²) in [6, 6.07) is 25.6. The maximum atomic E-state index is 12.8. The van der Waals surface area contributed by atoms with Crippen molar-refractivity contribution >= 4 is 22.4 Å². The van der Waals surface area contributed by atoms with Crippen LogP contribution < -0.4 is 10.1 Å². The van der Waals surface area contributed by atoms with Crippen LogP contribution in [0.25, 0.3) is 0 Å². The summed E-state index contributed by atoms with van der Waals surface area (Å²) in [7, 11) is 0. The van der Waals surface area contributed by atoms with Crippen LogP contribution in [0.5, 0.6) is 5.75 Å². The molecule has 0 aliphatic heterocycles. The number of nitrogens with zero attached hydrogens (tertiary/aromatic N) is 1. The van der Waals surface area contributed by atoms with Crippen molar-refractivity contribution in [3.63, 3.8) is 0 Å². The van der Waals surface area contributed by atoms with Crippen molar-refractivity contribution in [3.05, 3.63) is 112 Å². The van der Waals surface area contributed by atoms with Gasteiger partial charge in [-0.3, -0.25) is 10.1 Å². The van der Waals surface area contributed by atoms with Gasteiger partial charge in [-0.2, -0.15) is 0 Å². The molecule has 1 N–H and O–H groups in total. The van der Waals surface area contributed by atoms with Crippen molar-refractivity contribution in [1.82, 2.24) is 4.98 Å². The first-order valence-electron chi connectivity index (χ1n) is 9.75. The highest BCUT2D eigenvalue weighted by atomic mass is 32.1. The predicted octanol–water partition coefficient (Wildman–Crippen LogP) is 5.87. The summed E-state index contributed by atoms with van der Waals surface area (Å²) < 4.78 is 5.90. The molecule has 4 aromatic rings. The van der Waals surface area contributed by atoms with E-state index in [-0.39, 0.29) is 5.91 Å². The Morgan fingerprint density at radius 2 is 1.73 bits per heavy atom. The number of amides is 1. The minimum absolute atomic E-state index is 0.227. The predicted molar refractivity (Wildman–Crippen MR) is 121 cm³/mol. The van der Waals surface area contributed by atoms with Crippen LogP contribution in [0.3, 0.4) is 0 Å². The number of aryl methyl sites for hydroxylation is 1. The molecular formula is C25H22N2O2S. The van der Waals surface area contributed by atoms with Crippen LogP contribution >= 0.6 is 11.3 Å². The molecule has 0 bridgehead atoms. The number of carbonyl (C=O) groups is 1. The minimum atomic E-state index is -0.227. The fourth-order valence-electron chi connectivity index (χ4n) is 3.15. The number of rotatable bonds is 7. The van der Waals surface area contributed by atoms with Gasteiger partial charge in [0.05, 0.1) is 5.56 Å². The van der Waals surface area contributed by atoms with E-state index in [9.17, 15) is 4.79 Å². The number of aromatic nitrogens is 1. The Bertz CT molecular complexity index is 1140. The van der Waals surface area contributed by atoms with Crippen LogP contribution in [-0.4, -0.2) is 10.9 Å². The second kappa shape index (κ2) is 9.37. The Kier molecular flexibility index (Phi) is 6.20. The number of hydrogen-bond acceptors (Lipinski definition) is 4. The zero-order chi connectivity index (χ0) is 20.8. The number of thiazole rings is 1. The fourth-order valence-corrected chi connectivity index (χ4v) is 3.99. The van der Waals surface area contributed by atoms with Crippen LogP contribution in [0.2, 0.25) is 0 Å². The van der Waals surface area contributed by atoms with E-state index in [4.69, 9.17) is 4.74 Å². The van der Waals surface area contributed by atoms with Gasteiger partial charge in [0.25, 0.3) is 5.91 Å². The van der Waals surface area contributed by atoms with Gasteiger partial charge in [-0.1, -0.05) is 72.3 Å². The van der Waals surface area contributed by atoms with Gasteiger partial charge in [-0.05, 0) is 30.2 Å². The van der Waals surface area contributed by atoms with Gasteiger partial charge in [0.1, 0.15) is 12.4 Å². The largest absolute Gasteiger partial charge is 0.488 e. The van der Waals surface area contributed by atoms with Crippen LogP contribution in [0.15, 0.2) is 85.1 Å². The number of para-hydroxylation sites is 1. The van der Waals surface area contributed by atoms with E-state index in [1.807, 2.05) is 54.7 Å². The number of ether oxygens (including phenoxy) is 1. The maximum Gasteiger partial charge on any atom is 0.261 e. The molecule has 0 fully saturated rings. The van der Waals surface area contributed by atoms with E-state index in [1.165, 1.54) is 22.5 Å². The Morgan fingerprint density at radius 1 is 0.967 bits per heavy atom. The highest BCUT2D eigenvalue weighted by Gasteiger charge is 2.14. The molecule has 0 saturated carbocycles. The summed E-state index contributed by atoms with van der Waals surface area (Å²) in [5.41, 5.74) is 4.01. The number of hydrogen-bond donors (Lipinski definition) is 1. The summed E-state index contributed by atoms with van der Waals surface area (Å²) in [4.78, 5) is 18.3. The van der Waals surface area contributed by atoms with E-state index in [0.717, 1.165) is 16.9 Å². The van der Waals surface area contributed by atoms with Gasteiger partial charge >= 0.3 is 0 Å². The highest BCUT2D eigenvalue weighted by molar-refractivity contribution is 7.15. The van der Waals surface area contributed by atoms with Gasteiger partial charge in [-0.15, -0.1) is 11.3 Å². The molecule has 4 rings (SSSR count). The Labute approximate surface area is 180 Å². The van der Waals surface area contributed by atoms with E-state index in [1.54, 1.807) is 6.07 Å². The molecule has 0 atom stereocenters. The molecule has 150 valence electrons. The van der Waals surface area contributed by atoms with Crippen molar-refractivity contribution in [2.24, 2.45) is 0 Å². The van der Waals surface area contributed by atoms with Crippen molar-refractivity contribution in [2.45, 2.75) is 20.0 Å². The van der Waals surface area contributed by atoms with E-state index < -0.39 is 0 Å². The number of anilines is 1. The SMILES string of the molecule is Cc1cccc(Cc2cnc(NC(=O)c3ccccc3OCc3ccccc3)s2)c1. The van der Waals surface area contributed by atoms with Crippen molar-refractivity contribution in [1.29, 1.82) is 0 Å². The summed E-state index contributed by atoms with van der Waals surface area (Å²) in [6.45, 7) is 2.49. The molecule has 1 amide bonds. The smallest absolute Gasteiger partial charge is 0.261 e. The summed E-state index contributed by atoms with van der Waals surface area (Å²) >= 11 is 1.49. The summed E-state index contributed by atoms with van der Waals surface area (Å²) in [5, 5.41) is 3.49. The lowest BCUT2D eigenvalue weighted by Crippen LogP contribution is -2.13. The van der Waals surface area contributed by atoms with E-state index in [0.29, 0.717) is 23.1 Å². The summed E-state index contributed by atoms with van der Waals surface area (Å²) in [5.74, 6) is 0.325. The Hall–Kier alpha value is -3.44. The van der Waals surface area contributed by atoms with E-state index >= 15 is 0 Å². The summed E-state index contributed by atoms with van der Waals surface area (Å²) in [6.07, 6.45) is 2.62. The monoisotopic (exact) mass is 414 g/mol. The fraction of sp³-hybridized carbons (Fsp3) is 0.120. The van der Waals surface area contributed by atoms with Crippen LogP contribution in [0.1, 0.15) is 31.9 Å². The van der Waals surface area contributed by atoms with Gasteiger partial charge < -0.3 is 4.74 Å². The molecule has 0 unspecified atom stereocenters. The zero-order valence-electron chi connectivity index (χ0n) is 16.7. The Balaban J connectivity index is 1.42. The first-order valence-corrected chi connectivity index (χ1v) is 10.6. The first kappa shape index (κ1) is 19.9. The highest BCUT2D eigenvalue weighted by Crippen LogP contribution is 2.25. The normalized spacial score (nSPS) is 10.6. The molecule has 0 spiro atoms. The van der Waals surface area contributed by atoms with E-state index in [2.05, 4.69) is 41.5 Å². The third-order valence-electron chi connectivity index (χ3n) is 4.60. The molecule has 5 heteroatoms. The van der Waals surface area contributed by atoms with Crippen molar-refractivity contribution < 1.29 is 9.53 Å². The molecule has 0 radical (unpaired) electrons. The standard InChI is InChI=1S/C25H22N2O2S/c1-18-8-7-11-20(14-18)15-21-16-26-25(30-21)27-24(28)22-12-5-6-13-23(22)29-17-19-9-3-2-4-10-19/h2-14,16H,15,17H2,1H3,(H,26,27,28). The second-order valence-corrected chi connectivity index (χ2v) is 8.14. The lowest BCUT2D eigenvalue weighted by atomic mass is 10.1. The number of nitrogens with one attached hydrogen (secondary N) is 1. The third-order valence-corrected chi connectivity index (χ3v) is 5.52. The molecule has 1 heterocycles. The molecule has 0 aliphatic carbocycles. The number of benzene rings is 3. The van der Waals surface area contributed by atoms with Crippen LogP contribution in [0, 0.1) is 6.92 Å². The quantitative estimate of drug-likeness (QED) is 0.411. The van der Waals surface area contributed by atoms with Crippen molar-refractivity contribution in [3.8, 4) is 5.75 Å². The lowest BCUT2D eigenvalue weighted by molar-refractivity contribution is 0.102. The molecule has 4 nitrogen and oxygen atoms in total.